The molecule has 88 valence electrons. The highest BCUT2D eigenvalue weighted by Crippen LogP contribution is 2.39. The van der Waals surface area contributed by atoms with Crippen molar-refractivity contribution in [1.29, 1.82) is 0 Å². The molecule has 0 atom stereocenters. The van der Waals surface area contributed by atoms with Gasteiger partial charge in [0.1, 0.15) is 0 Å². The minimum atomic E-state index is -0.306. The van der Waals surface area contributed by atoms with Crippen LogP contribution >= 0.6 is 0 Å². The van der Waals surface area contributed by atoms with E-state index in [0.717, 1.165) is 18.7 Å². The summed E-state index contributed by atoms with van der Waals surface area (Å²) in [5, 5.41) is 4.12. The first-order valence-corrected chi connectivity index (χ1v) is 6.41. The van der Waals surface area contributed by atoms with Gasteiger partial charge in [-0.1, -0.05) is 24.4 Å². The molecule has 0 aromatic carbocycles. The van der Waals surface area contributed by atoms with Crippen LogP contribution in [0.15, 0.2) is 4.52 Å². The summed E-state index contributed by atoms with van der Waals surface area (Å²) in [6.45, 7) is 0. The quantitative estimate of drug-likeness (QED) is 0.833. The Morgan fingerprint density at radius 1 is 1.12 bits per heavy atom. The molecule has 3 rings (SSSR count). The van der Waals surface area contributed by atoms with Crippen LogP contribution in [-0.2, 0) is 5.54 Å². The van der Waals surface area contributed by atoms with Gasteiger partial charge in [-0.2, -0.15) is 4.98 Å². The second kappa shape index (κ2) is 3.84. The normalized spacial score (nSPS) is 25.3. The van der Waals surface area contributed by atoms with Crippen LogP contribution in [0.3, 0.4) is 0 Å². The van der Waals surface area contributed by atoms with Gasteiger partial charge < -0.3 is 10.3 Å². The Morgan fingerprint density at radius 2 is 1.88 bits per heavy atom. The third-order valence-corrected chi connectivity index (χ3v) is 4.08. The molecule has 0 radical (unpaired) electrons. The molecular formula is C12H19N3O. The van der Waals surface area contributed by atoms with Gasteiger partial charge in [-0.05, 0) is 32.1 Å². The molecule has 4 heteroatoms. The van der Waals surface area contributed by atoms with Gasteiger partial charge >= 0.3 is 0 Å². The van der Waals surface area contributed by atoms with Gasteiger partial charge in [0.05, 0.1) is 5.54 Å². The predicted octanol–water partition coefficient (Wildman–Crippen LogP) is 2.46. The van der Waals surface area contributed by atoms with Crippen LogP contribution in [-0.4, -0.2) is 10.1 Å². The highest BCUT2D eigenvalue weighted by atomic mass is 16.5. The van der Waals surface area contributed by atoms with Crippen LogP contribution in [0.5, 0.6) is 0 Å². The lowest BCUT2D eigenvalue weighted by Gasteiger charge is -2.33. The van der Waals surface area contributed by atoms with Gasteiger partial charge in [0.2, 0.25) is 5.89 Å². The molecule has 0 bridgehead atoms. The SMILES string of the molecule is NC1(c2nc(C3CCCCC3)no2)CCC1. The van der Waals surface area contributed by atoms with E-state index in [-0.39, 0.29) is 5.54 Å². The minimum Gasteiger partial charge on any atom is -0.337 e. The van der Waals surface area contributed by atoms with Gasteiger partial charge in [0.15, 0.2) is 5.82 Å². The van der Waals surface area contributed by atoms with Crippen LogP contribution in [0.4, 0.5) is 0 Å². The Labute approximate surface area is 95.6 Å². The molecule has 2 saturated carbocycles. The van der Waals surface area contributed by atoms with Crippen LogP contribution in [0, 0.1) is 0 Å². The van der Waals surface area contributed by atoms with Crippen molar-refractivity contribution in [3.8, 4) is 0 Å². The third kappa shape index (κ3) is 1.65. The van der Waals surface area contributed by atoms with E-state index in [1.165, 1.54) is 38.5 Å². The largest absolute Gasteiger partial charge is 0.337 e. The van der Waals surface area contributed by atoms with Crippen molar-refractivity contribution in [2.75, 3.05) is 0 Å². The molecule has 4 nitrogen and oxygen atoms in total. The van der Waals surface area contributed by atoms with Gasteiger partial charge in [0, 0.05) is 5.92 Å². The fourth-order valence-electron chi connectivity index (χ4n) is 2.74. The summed E-state index contributed by atoms with van der Waals surface area (Å²) < 4.78 is 5.34. The van der Waals surface area contributed by atoms with E-state index in [4.69, 9.17) is 10.3 Å². The summed E-state index contributed by atoms with van der Waals surface area (Å²) >= 11 is 0. The number of hydrogen-bond acceptors (Lipinski definition) is 4. The fourth-order valence-corrected chi connectivity index (χ4v) is 2.74. The minimum absolute atomic E-state index is 0.306. The maximum Gasteiger partial charge on any atom is 0.246 e. The summed E-state index contributed by atoms with van der Waals surface area (Å²) in [4.78, 5) is 4.52. The van der Waals surface area contributed by atoms with Crippen molar-refractivity contribution in [3.05, 3.63) is 11.7 Å². The maximum absolute atomic E-state index is 6.17. The second-order valence-electron chi connectivity index (χ2n) is 5.30. The zero-order valence-electron chi connectivity index (χ0n) is 9.61. The summed E-state index contributed by atoms with van der Waals surface area (Å²) in [5.41, 5.74) is 5.87. The highest BCUT2D eigenvalue weighted by molar-refractivity contribution is 5.08. The summed E-state index contributed by atoms with van der Waals surface area (Å²) in [7, 11) is 0. The predicted molar refractivity (Wildman–Crippen MR) is 59.8 cm³/mol. The molecule has 0 amide bonds. The van der Waals surface area contributed by atoms with Crippen molar-refractivity contribution in [3.63, 3.8) is 0 Å². The summed E-state index contributed by atoms with van der Waals surface area (Å²) in [6.07, 6.45) is 9.50. The molecule has 1 aromatic heterocycles. The first kappa shape index (κ1) is 10.3. The molecule has 1 aromatic rings. The lowest BCUT2D eigenvalue weighted by Crippen LogP contribution is -2.43. The van der Waals surface area contributed by atoms with Crippen LogP contribution in [0.1, 0.15) is 69.0 Å². The first-order chi connectivity index (χ1) is 7.78. The maximum atomic E-state index is 6.17. The van der Waals surface area contributed by atoms with E-state index < -0.39 is 0 Å². The molecule has 2 aliphatic rings. The molecule has 2 N–H and O–H groups in total. The molecule has 1 heterocycles. The van der Waals surface area contributed by atoms with Gasteiger partial charge in [0.25, 0.3) is 0 Å². The monoisotopic (exact) mass is 221 g/mol. The fraction of sp³-hybridized carbons (Fsp3) is 0.833. The van der Waals surface area contributed by atoms with Crippen molar-refractivity contribution in [1.82, 2.24) is 10.1 Å². The summed E-state index contributed by atoms with van der Waals surface area (Å²) in [6, 6.07) is 0. The molecule has 2 fully saturated rings. The van der Waals surface area contributed by atoms with Crippen LogP contribution in [0.2, 0.25) is 0 Å². The summed E-state index contributed by atoms with van der Waals surface area (Å²) in [5.74, 6) is 2.07. The van der Waals surface area contributed by atoms with Gasteiger partial charge in [-0.15, -0.1) is 0 Å². The standard InChI is InChI=1S/C12H19N3O/c13-12(7-4-8-12)11-14-10(15-16-11)9-5-2-1-3-6-9/h9H,1-8,13H2. The second-order valence-corrected chi connectivity index (χ2v) is 5.30. The van der Waals surface area contributed by atoms with Gasteiger partial charge in [-0.3, -0.25) is 0 Å². The molecule has 0 spiro atoms. The number of rotatable bonds is 2. The average molecular weight is 221 g/mol. The van der Waals surface area contributed by atoms with Gasteiger partial charge in [-0.25, -0.2) is 0 Å². The lowest BCUT2D eigenvalue weighted by atomic mass is 9.77. The van der Waals surface area contributed by atoms with E-state index in [1.807, 2.05) is 0 Å². The lowest BCUT2D eigenvalue weighted by molar-refractivity contribution is 0.181. The highest BCUT2D eigenvalue weighted by Gasteiger charge is 2.40. The van der Waals surface area contributed by atoms with Crippen molar-refractivity contribution >= 4 is 0 Å². The number of nitrogens with zero attached hydrogens (tertiary/aromatic N) is 2. The topological polar surface area (TPSA) is 64.9 Å². The Kier molecular flexibility index (Phi) is 2.46. The number of nitrogens with two attached hydrogens (primary N) is 1. The smallest absolute Gasteiger partial charge is 0.246 e. The Balaban J connectivity index is 1.76. The Morgan fingerprint density at radius 3 is 2.50 bits per heavy atom. The third-order valence-electron chi connectivity index (χ3n) is 4.08. The van der Waals surface area contributed by atoms with Crippen LogP contribution in [0.25, 0.3) is 0 Å². The van der Waals surface area contributed by atoms with E-state index in [1.54, 1.807) is 0 Å². The van der Waals surface area contributed by atoms with E-state index in [9.17, 15) is 0 Å². The molecule has 0 unspecified atom stereocenters. The average Bonchev–Trinajstić information content (AvgIpc) is 2.77. The zero-order valence-corrected chi connectivity index (χ0v) is 9.61. The molecule has 16 heavy (non-hydrogen) atoms. The Hall–Kier alpha value is -0.900. The van der Waals surface area contributed by atoms with Crippen LogP contribution < -0.4 is 5.73 Å². The molecule has 0 saturated heterocycles. The van der Waals surface area contributed by atoms with E-state index in [2.05, 4.69) is 10.1 Å². The first-order valence-electron chi connectivity index (χ1n) is 6.41. The van der Waals surface area contributed by atoms with E-state index >= 15 is 0 Å². The number of hydrogen-bond donors (Lipinski definition) is 1. The van der Waals surface area contributed by atoms with Crippen molar-refractivity contribution in [2.45, 2.75) is 62.8 Å². The molecule has 2 aliphatic carbocycles. The molecule has 0 aliphatic heterocycles. The number of aromatic nitrogens is 2. The molecular weight excluding hydrogens is 202 g/mol. The van der Waals surface area contributed by atoms with E-state index in [0.29, 0.717) is 11.8 Å². The Bertz CT molecular complexity index is 364. The van der Waals surface area contributed by atoms with Crippen molar-refractivity contribution in [2.24, 2.45) is 5.73 Å². The zero-order chi connectivity index (χ0) is 11.0. The van der Waals surface area contributed by atoms with Crippen molar-refractivity contribution < 1.29 is 4.52 Å².